The van der Waals surface area contributed by atoms with Crippen molar-refractivity contribution in [3.8, 4) is 0 Å². The Kier molecular flexibility index (Phi) is 3.25. The first-order valence-corrected chi connectivity index (χ1v) is 4.32. The van der Waals surface area contributed by atoms with E-state index in [4.69, 9.17) is 5.11 Å². The van der Waals surface area contributed by atoms with Gasteiger partial charge in [0.15, 0.2) is 0 Å². The molecule has 0 spiro atoms. The van der Waals surface area contributed by atoms with Crippen LogP contribution in [0.25, 0.3) is 0 Å². The average molecular weight is 186 g/mol. The van der Waals surface area contributed by atoms with Crippen molar-refractivity contribution < 1.29 is 14.7 Å². The molecule has 5 heteroatoms. The van der Waals surface area contributed by atoms with Gasteiger partial charge >= 0.3 is 5.97 Å². The van der Waals surface area contributed by atoms with Gasteiger partial charge in [0.2, 0.25) is 5.91 Å². The third kappa shape index (κ3) is 2.69. The molecular formula is C8H14N2O3. The molecule has 3 N–H and O–H groups in total. The molecule has 1 saturated heterocycles. The van der Waals surface area contributed by atoms with Crippen LogP contribution in [-0.2, 0) is 9.59 Å². The van der Waals surface area contributed by atoms with Crippen LogP contribution >= 0.6 is 0 Å². The molecule has 0 saturated carbocycles. The van der Waals surface area contributed by atoms with Gasteiger partial charge < -0.3 is 15.7 Å². The molecule has 0 bridgehead atoms. The van der Waals surface area contributed by atoms with E-state index in [0.29, 0.717) is 13.1 Å². The largest absolute Gasteiger partial charge is 0.481 e. The Morgan fingerprint density at radius 1 is 1.62 bits per heavy atom. The van der Waals surface area contributed by atoms with E-state index in [0.717, 1.165) is 0 Å². The maximum absolute atomic E-state index is 11.2. The molecule has 1 aliphatic rings. The van der Waals surface area contributed by atoms with Crippen molar-refractivity contribution in [3.63, 3.8) is 0 Å². The van der Waals surface area contributed by atoms with Gasteiger partial charge in [0.05, 0.1) is 11.8 Å². The normalized spacial score (nSPS) is 18.8. The highest BCUT2D eigenvalue weighted by Gasteiger charge is 2.25. The highest BCUT2D eigenvalue weighted by Crippen LogP contribution is 2.02. The van der Waals surface area contributed by atoms with Gasteiger partial charge in [-0.2, -0.15) is 0 Å². The number of nitrogens with one attached hydrogen (secondary N) is 2. The first-order chi connectivity index (χ1) is 6.11. The monoisotopic (exact) mass is 186 g/mol. The van der Waals surface area contributed by atoms with Gasteiger partial charge in [-0.15, -0.1) is 0 Å². The lowest BCUT2D eigenvalue weighted by atomic mass is 10.0. The fourth-order valence-corrected chi connectivity index (χ4v) is 0.959. The van der Waals surface area contributed by atoms with Crippen LogP contribution in [0.1, 0.15) is 6.92 Å². The molecule has 5 nitrogen and oxygen atoms in total. The lowest BCUT2D eigenvalue weighted by Gasteiger charge is -2.26. The van der Waals surface area contributed by atoms with Gasteiger partial charge in [0, 0.05) is 19.6 Å². The van der Waals surface area contributed by atoms with Crippen LogP contribution < -0.4 is 10.6 Å². The van der Waals surface area contributed by atoms with E-state index in [1.165, 1.54) is 0 Å². The number of hydrogen-bond acceptors (Lipinski definition) is 3. The zero-order chi connectivity index (χ0) is 9.84. The maximum Gasteiger partial charge on any atom is 0.308 e. The second-order valence-electron chi connectivity index (χ2n) is 3.34. The first kappa shape index (κ1) is 9.98. The van der Waals surface area contributed by atoms with Crippen LogP contribution in [0.3, 0.4) is 0 Å². The number of carboxylic acid groups (broad SMARTS) is 1. The van der Waals surface area contributed by atoms with Gasteiger partial charge in [-0.25, -0.2) is 0 Å². The van der Waals surface area contributed by atoms with Crippen molar-refractivity contribution in [2.75, 3.05) is 19.6 Å². The second-order valence-corrected chi connectivity index (χ2v) is 3.34. The standard InChI is InChI=1S/C8H14N2O3/c1-5(8(12)13)2-10-7(11)6-3-9-4-6/h5-6,9H,2-4H2,1H3,(H,10,11)(H,12,13). The number of carboxylic acids is 1. The summed E-state index contributed by atoms with van der Waals surface area (Å²) in [7, 11) is 0. The Morgan fingerprint density at radius 3 is 2.62 bits per heavy atom. The summed E-state index contributed by atoms with van der Waals surface area (Å²) in [5.41, 5.74) is 0. The molecular weight excluding hydrogens is 172 g/mol. The lowest BCUT2D eigenvalue weighted by molar-refractivity contribution is -0.141. The van der Waals surface area contributed by atoms with Gasteiger partial charge in [-0.05, 0) is 0 Å². The number of aliphatic carboxylic acids is 1. The topological polar surface area (TPSA) is 78.4 Å². The molecule has 1 fully saturated rings. The summed E-state index contributed by atoms with van der Waals surface area (Å²) >= 11 is 0. The Labute approximate surface area is 76.5 Å². The molecule has 1 atom stereocenters. The fraction of sp³-hybridized carbons (Fsp3) is 0.750. The third-order valence-corrected chi connectivity index (χ3v) is 2.16. The number of carbonyl (C=O) groups excluding carboxylic acids is 1. The van der Waals surface area contributed by atoms with Crippen LogP contribution in [0.5, 0.6) is 0 Å². The summed E-state index contributed by atoms with van der Waals surface area (Å²) < 4.78 is 0. The minimum absolute atomic E-state index is 0.0287. The zero-order valence-corrected chi connectivity index (χ0v) is 7.54. The summed E-state index contributed by atoms with van der Waals surface area (Å²) in [5, 5.41) is 14.1. The Balaban J connectivity index is 2.17. The molecule has 0 aromatic carbocycles. The van der Waals surface area contributed by atoms with E-state index in [1.807, 2.05) is 0 Å². The van der Waals surface area contributed by atoms with Crippen molar-refractivity contribution in [1.29, 1.82) is 0 Å². The van der Waals surface area contributed by atoms with Gasteiger partial charge in [-0.1, -0.05) is 6.92 Å². The highest BCUT2D eigenvalue weighted by molar-refractivity contribution is 5.80. The third-order valence-electron chi connectivity index (χ3n) is 2.16. The van der Waals surface area contributed by atoms with E-state index >= 15 is 0 Å². The van der Waals surface area contributed by atoms with Crippen LogP contribution in [0.2, 0.25) is 0 Å². The molecule has 0 aromatic rings. The van der Waals surface area contributed by atoms with Crippen molar-refractivity contribution in [2.24, 2.45) is 11.8 Å². The minimum Gasteiger partial charge on any atom is -0.481 e. The summed E-state index contributed by atoms with van der Waals surface area (Å²) in [4.78, 5) is 21.6. The molecule has 0 aliphatic carbocycles. The summed E-state index contributed by atoms with van der Waals surface area (Å²) in [6, 6.07) is 0. The van der Waals surface area contributed by atoms with Crippen molar-refractivity contribution in [2.45, 2.75) is 6.92 Å². The predicted molar refractivity (Wildman–Crippen MR) is 46.2 cm³/mol. The van der Waals surface area contributed by atoms with Crippen LogP contribution in [0.4, 0.5) is 0 Å². The van der Waals surface area contributed by atoms with E-state index in [-0.39, 0.29) is 18.4 Å². The SMILES string of the molecule is CC(CNC(=O)C1CNC1)C(=O)O. The molecule has 1 aliphatic heterocycles. The molecule has 1 amide bonds. The first-order valence-electron chi connectivity index (χ1n) is 4.32. The average Bonchev–Trinajstić information content (AvgIpc) is 1.96. The van der Waals surface area contributed by atoms with E-state index in [1.54, 1.807) is 6.92 Å². The van der Waals surface area contributed by atoms with Crippen LogP contribution in [0.15, 0.2) is 0 Å². The summed E-state index contributed by atoms with van der Waals surface area (Å²) in [6.07, 6.45) is 0. The highest BCUT2D eigenvalue weighted by atomic mass is 16.4. The summed E-state index contributed by atoms with van der Waals surface area (Å²) in [5.74, 6) is -1.42. The van der Waals surface area contributed by atoms with E-state index < -0.39 is 11.9 Å². The molecule has 13 heavy (non-hydrogen) atoms. The zero-order valence-electron chi connectivity index (χ0n) is 7.54. The number of hydrogen-bond donors (Lipinski definition) is 3. The van der Waals surface area contributed by atoms with Crippen molar-refractivity contribution in [1.82, 2.24) is 10.6 Å². The smallest absolute Gasteiger partial charge is 0.308 e. The predicted octanol–water partition coefficient (Wildman–Crippen LogP) is -0.957. The van der Waals surface area contributed by atoms with Crippen LogP contribution in [-0.4, -0.2) is 36.6 Å². The van der Waals surface area contributed by atoms with Crippen molar-refractivity contribution in [3.05, 3.63) is 0 Å². The molecule has 0 radical (unpaired) electrons. The van der Waals surface area contributed by atoms with E-state index in [9.17, 15) is 9.59 Å². The van der Waals surface area contributed by atoms with E-state index in [2.05, 4.69) is 10.6 Å². The molecule has 74 valence electrons. The molecule has 1 rings (SSSR count). The quantitative estimate of drug-likeness (QED) is 0.528. The molecule has 1 unspecified atom stereocenters. The molecule has 0 aromatic heterocycles. The Morgan fingerprint density at radius 2 is 2.23 bits per heavy atom. The van der Waals surface area contributed by atoms with Gasteiger partial charge in [0.1, 0.15) is 0 Å². The van der Waals surface area contributed by atoms with Gasteiger partial charge in [-0.3, -0.25) is 9.59 Å². The second kappa shape index (κ2) is 4.23. The fourth-order valence-electron chi connectivity index (χ4n) is 0.959. The Bertz CT molecular complexity index is 213. The van der Waals surface area contributed by atoms with Crippen molar-refractivity contribution >= 4 is 11.9 Å². The number of carbonyl (C=O) groups is 2. The van der Waals surface area contributed by atoms with Crippen LogP contribution in [0, 0.1) is 11.8 Å². The summed E-state index contributed by atoms with van der Waals surface area (Å²) in [6.45, 7) is 3.19. The Hall–Kier alpha value is -1.10. The minimum atomic E-state index is -0.882. The number of rotatable bonds is 4. The maximum atomic E-state index is 11.2. The lowest BCUT2D eigenvalue weighted by Crippen LogP contribution is -2.51. The number of amides is 1. The molecule has 1 heterocycles. The van der Waals surface area contributed by atoms with Gasteiger partial charge in [0.25, 0.3) is 0 Å².